The van der Waals surface area contributed by atoms with Crippen molar-refractivity contribution >= 4 is 0 Å². The summed E-state index contributed by atoms with van der Waals surface area (Å²) in [5, 5.41) is 3.65. The van der Waals surface area contributed by atoms with Gasteiger partial charge in [-0.1, -0.05) is 35.9 Å². The SMILES string of the molecule is C/C=C/CCNC1CCc2ccc(C)cc21. The summed E-state index contributed by atoms with van der Waals surface area (Å²) < 4.78 is 0. The second-order valence-corrected chi connectivity index (χ2v) is 4.61. The summed E-state index contributed by atoms with van der Waals surface area (Å²) in [7, 11) is 0. The Morgan fingerprint density at radius 2 is 2.31 bits per heavy atom. The molecule has 1 aromatic rings. The Kier molecular flexibility index (Phi) is 3.79. The van der Waals surface area contributed by atoms with Crippen LogP contribution in [0.4, 0.5) is 0 Å². The highest BCUT2D eigenvalue weighted by molar-refractivity contribution is 5.37. The molecule has 86 valence electrons. The number of aryl methyl sites for hydroxylation is 2. The third-order valence-electron chi connectivity index (χ3n) is 3.32. The zero-order valence-electron chi connectivity index (χ0n) is 10.3. The van der Waals surface area contributed by atoms with Gasteiger partial charge in [0, 0.05) is 6.04 Å². The second-order valence-electron chi connectivity index (χ2n) is 4.61. The average molecular weight is 215 g/mol. The molecule has 0 aliphatic heterocycles. The fourth-order valence-electron chi connectivity index (χ4n) is 2.44. The fourth-order valence-corrected chi connectivity index (χ4v) is 2.44. The van der Waals surface area contributed by atoms with Crippen molar-refractivity contribution in [1.82, 2.24) is 5.32 Å². The number of hydrogen-bond acceptors (Lipinski definition) is 1. The van der Waals surface area contributed by atoms with E-state index in [2.05, 4.69) is 49.5 Å². The van der Waals surface area contributed by atoms with Gasteiger partial charge in [0.05, 0.1) is 0 Å². The molecule has 0 saturated heterocycles. The largest absolute Gasteiger partial charge is 0.310 e. The maximum Gasteiger partial charge on any atom is 0.0326 e. The minimum absolute atomic E-state index is 0.583. The molecule has 1 aliphatic carbocycles. The lowest BCUT2D eigenvalue weighted by atomic mass is 10.1. The minimum Gasteiger partial charge on any atom is -0.310 e. The molecular weight excluding hydrogens is 194 g/mol. The van der Waals surface area contributed by atoms with E-state index in [1.54, 1.807) is 0 Å². The first-order chi connectivity index (χ1) is 7.81. The molecule has 1 N–H and O–H groups in total. The third kappa shape index (κ3) is 2.53. The molecule has 1 atom stereocenters. The first kappa shape index (κ1) is 11.4. The van der Waals surface area contributed by atoms with Gasteiger partial charge < -0.3 is 5.32 Å². The first-order valence-electron chi connectivity index (χ1n) is 6.25. The van der Waals surface area contributed by atoms with Crippen molar-refractivity contribution in [3.63, 3.8) is 0 Å². The summed E-state index contributed by atoms with van der Waals surface area (Å²) >= 11 is 0. The molecule has 1 aliphatic rings. The number of allylic oxidation sites excluding steroid dienone is 1. The van der Waals surface area contributed by atoms with Crippen LogP contribution in [-0.4, -0.2) is 6.54 Å². The standard InChI is InChI=1S/C15H21N/c1-3-4-5-10-16-15-9-8-13-7-6-12(2)11-14(13)15/h3-4,6-7,11,15-16H,5,8-10H2,1-2H3/b4-3+. The van der Waals surface area contributed by atoms with Crippen LogP contribution in [0.5, 0.6) is 0 Å². The quantitative estimate of drug-likeness (QED) is 0.598. The van der Waals surface area contributed by atoms with E-state index >= 15 is 0 Å². The number of rotatable bonds is 4. The maximum absolute atomic E-state index is 3.65. The van der Waals surface area contributed by atoms with Gasteiger partial charge in [-0.15, -0.1) is 0 Å². The molecule has 0 amide bonds. The van der Waals surface area contributed by atoms with E-state index in [-0.39, 0.29) is 0 Å². The molecule has 1 unspecified atom stereocenters. The van der Waals surface area contributed by atoms with Crippen molar-refractivity contribution in [3.05, 3.63) is 47.0 Å². The molecule has 0 radical (unpaired) electrons. The van der Waals surface area contributed by atoms with E-state index in [1.165, 1.54) is 29.5 Å². The van der Waals surface area contributed by atoms with Gasteiger partial charge in [0.1, 0.15) is 0 Å². The summed E-state index contributed by atoms with van der Waals surface area (Å²) in [6, 6.07) is 7.44. The van der Waals surface area contributed by atoms with Gasteiger partial charge >= 0.3 is 0 Å². The van der Waals surface area contributed by atoms with Gasteiger partial charge in [0.2, 0.25) is 0 Å². The van der Waals surface area contributed by atoms with Crippen molar-refractivity contribution in [3.8, 4) is 0 Å². The van der Waals surface area contributed by atoms with Gasteiger partial charge in [-0.2, -0.15) is 0 Å². The Balaban J connectivity index is 1.97. The number of benzene rings is 1. The van der Waals surface area contributed by atoms with E-state index in [4.69, 9.17) is 0 Å². The fraction of sp³-hybridized carbons (Fsp3) is 0.467. The Morgan fingerprint density at radius 1 is 1.44 bits per heavy atom. The number of hydrogen-bond donors (Lipinski definition) is 1. The van der Waals surface area contributed by atoms with Crippen LogP contribution in [0.3, 0.4) is 0 Å². The van der Waals surface area contributed by atoms with E-state index in [1.807, 2.05) is 0 Å². The molecule has 1 nitrogen and oxygen atoms in total. The van der Waals surface area contributed by atoms with Gasteiger partial charge in [-0.05, 0) is 50.8 Å². The van der Waals surface area contributed by atoms with Crippen molar-refractivity contribution in [2.45, 2.75) is 39.2 Å². The topological polar surface area (TPSA) is 12.0 Å². The molecule has 1 aromatic carbocycles. The molecular formula is C15H21N. The van der Waals surface area contributed by atoms with Crippen LogP contribution in [0.15, 0.2) is 30.4 Å². The molecule has 2 rings (SSSR count). The predicted octanol–water partition coefficient (Wildman–Crippen LogP) is 3.54. The molecule has 16 heavy (non-hydrogen) atoms. The number of nitrogens with one attached hydrogen (secondary N) is 1. The third-order valence-corrected chi connectivity index (χ3v) is 3.32. The van der Waals surface area contributed by atoms with Crippen molar-refractivity contribution < 1.29 is 0 Å². The molecule has 0 heterocycles. The summed E-state index contributed by atoms with van der Waals surface area (Å²) in [6.07, 6.45) is 7.97. The van der Waals surface area contributed by atoms with Crippen LogP contribution >= 0.6 is 0 Å². The van der Waals surface area contributed by atoms with Crippen molar-refractivity contribution in [1.29, 1.82) is 0 Å². The normalized spacial score (nSPS) is 19.2. The lowest BCUT2D eigenvalue weighted by molar-refractivity contribution is 0.536. The smallest absolute Gasteiger partial charge is 0.0326 e. The zero-order chi connectivity index (χ0) is 11.4. The van der Waals surface area contributed by atoms with E-state index < -0.39 is 0 Å². The van der Waals surface area contributed by atoms with Crippen LogP contribution < -0.4 is 5.32 Å². The van der Waals surface area contributed by atoms with Gasteiger partial charge in [0.25, 0.3) is 0 Å². The summed E-state index contributed by atoms with van der Waals surface area (Å²) in [5.74, 6) is 0. The highest BCUT2D eigenvalue weighted by Crippen LogP contribution is 2.31. The Bertz CT molecular complexity index is 379. The highest BCUT2D eigenvalue weighted by atomic mass is 14.9. The van der Waals surface area contributed by atoms with E-state index in [0.29, 0.717) is 6.04 Å². The van der Waals surface area contributed by atoms with Gasteiger partial charge in [-0.25, -0.2) is 0 Å². The molecule has 0 saturated carbocycles. The maximum atomic E-state index is 3.65. The van der Waals surface area contributed by atoms with Gasteiger partial charge in [0.15, 0.2) is 0 Å². The molecule has 1 heteroatoms. The van der Waals surface area contributed by atoms with Crippen LogP contribution in [0.2, 0.25) is 0 Å². The van der Waals surface area contributed by atoms with E-state index in [0.717, 1.165) is 13.0 Å². The molecule has 0 fully saturated rings. The van der Waals surface area contributed by atoms with Crippen LogP contribution in [0, 0.1) is 6.92 Å². The van der Waals surface area contributed by atoms with Crippen molar-refractivity contribution in [2.24, 2.45) is 0 Å². The first-order valence-corrected chi connectivity index (χ1v) is 6.25. The molecule has 0 spiro atoms. The Morgan fingerprint density at radius 3 is 3.12 bits per heavy atom. The van der Waals surface area contributed by atoms with Gasteiger partial charge in [-0.3, -0.25) is 0 Å². The zero-order valence-corrected chi connectivity index (χ0v) is 10.3. The second kappa shape index (κ2) is 5.31. The van der Waals surface area contributed by atoms with Crippen LogP contribution in [0.25, 0.3) is 0 Å². The summed E-state index contributed by atoms with van der Waals surface area (Å²) in [5.41, 5.74) is 4.44. The highest BCUT2D eigenvalue weighted by Gasteiger charge is 2.21. The Hall–Kier alpha value is -1.08. The summed E-state index contributed by atoms with van der Waals surface area (Å²) in [6.45, 7) is 5.34. The van der Waals surface area contributed by atoms with E-state index in [9.17, 15) is 0 Å². The monoisotopic (exact) mass is 215 g/mol. The van der Waals surface area contributed by atoms with Crippen LogP contribution in [0.1, 0.15) is 42.5 Å². The minimum atomic E-state index is 0.583. The lowest BCUT2D eigenvalue weighted by Crippen LogP contribution is -2.20. The van der Waals surface area contributed by atoms with Crippen LogP contribution in [-0.2, 0) is 6.42 Å². The molecule has 0 aromatic heterocycles. The average Bonchev–Trinajstić information content (AvgIpc) is 2.67. The summed E-state index contributed by atoms with van der Waals surface area (Å²) in [4.78, 5) is 0. The molecule has 0 bridgehead atoms. The Labute approximate surface area is 98.6 Å². The predicted molar refractivity (Wildman–Crippen MR) is 69.7 cm³/mol. The number of fused-ring (bicyclic) bond motifs is 1. The lowest BCUT2D eigenvalue weighted by Gasteiger charge is -2.13. The van der Waals surface area contributed by atoms with Crippen molar-refractivity contribution in [2.75, 3.05) is 6.54 Å².